The monoisotopic (exact) mass is 389 g/mol. The van der Waals surface area contributed by atoms with Crippen LogP contribution in [0.1, 0.15) is 32.6 Å². The van der Waals surface area contributed by atoms with Crippen molar-refractivity contribution in [2.24, 2.45) is 5.92 Å². The molecule has 2 fully saturated rings. The van der Waals surface area contributed by atoms with Crippen molar-refractivity contribution in [1.82, 2.24) is 10.3 Å². The number of ether oxygens (including phenoxy) is 2. The molecule has 2 aromatic rings. The highest BCUT2D eigenvalue weighted by molar-refractivity contribution is 7.22. The fourth-order valence-electron chi connectivity index (χ4n) is 3.84. The maximum atomic E-state index is 12.7. The number of anilines is 1. The number of nitrogens with zero attached hydrogens (tertiary/aromatic N) is 2. The molecule has 1 atom stereocenters. The second-order valence-corrected chi connectivity index (χ2v) is 8.22. The van der Waals surface area contributed by atoms with E-state index in [1.807, 2.05) is 19.1 Å². The van der Waals surface area contributed by atoms with E-state index < -0.39 is 0 Å². The zero-order valence-electron chi connectivity index (χ0n) is 15.8. The van der Waals surface area contributed by atoms with Crippen LogP contribution in [0, 0.1) is 5.92 Å². The number of benzene rings is 1. The summed E-state index contributed by atoms with van der Waals surface area (Å²) < 4.78 is 12.2. The highest BCUT2D eigenvalue weighted by Crippen LogP contribution is 2.35. The summed E-state index contributed by atoms with van der Waals surface area (Å²) >= 11 is 1.68. The number of carbonyl (C=O) groups excluding carboxylic acids is 1. The predicted molar refractivity (Wildman–Crippen MR) is 108 cm³/mol. The molecule has 2 saturated heterocycles. The smallest absolute Gasteiger partial charge is 0.225 e. The van der Waals surface area contributed by atoms with Crippen molar-refractivity contribution in [2.45, 2.75) is 38.6 Å². The van der Waals surface area contributed by atoms with Gasteiger partial charge in [-0.1, -0.05) is 17.4 Å². The Morgan fingerprint density at radius 1 is 1.37 bits per heavy atom. The summed E-state index contributed by atoms with van der Waals surface area (Å²) in [5.74, 6) is 1.05. The number of rotatable bonds is 5. The third-order valence-electron chi connectivity index (χ3n) is 5.30. The van der Waals surface area contributed by atoms with Crippen LogP contribution in [0.5, 0.6) is 5.75 Å². The lowest BCUT2D eigenvalue weighted by molar-refractivity contribution is -0.126. The average Bonchev–Trinajstić information content (AvgIpc) is 3.15. The van der Waals surface area contributed by atoms with Crippen molar-refractivity contribution < 1.29 is 14.3 Å². The molecule has 1 N–H and O–H groups in total. The van der Waals surface area contributed by atoms with Gasteiger partial charge in [0, 0.05) is 32.3 Å². The Bertz CT molecular complexity index is 788. The summed E-state index contributed by atoms with van der Waals surface area (Å²) in [5, 5.41) is 4.22. The van der Waals surface area contributed by atoms with Crippen LogP contribution in [-0.4, -0.2) is 49.8 Å². The topological polar surface area (TPSA) is 63.7 Å². The number of nitrogens with one attached hydrogen (secondary N) is 1. The Balaban J connectivity index is 1.45. The SMILES string of the molecule is CCOc1cccc2sc(N3CCCC(C(=O)NC4CCOCC4)C3)nc12. The van der Waals surface area contributed by atoms with Crippen LogP contribution in [0.2, 0.25) is 0 Å². The van der Waals surface area contributed by atoms with E-state index in [-0.39, 0.29) is 17.9 Å². The van der Waals surface area contributed by atoms with Crippen LogP contribution >= 0.6 is 11.3 Å². The van der Waals surface area contributed by atoms with Crippen molar-refractivity contribution in [2.75, 3.05) is 37.8 Å². The molecule has 6 nitrogen and oxygen atoms in total. The Hall–Kier alpha value is -1.86. The Morgan fingerprint density at radius 2 is 2.22 bits per heavy atom. The van der Waals surface area contributed by atoms with E-state index in [0.717, 1.165) is 73.1 Å². The highest BCUT2D eigenvalue weighted by Gasteiger charge is 2.29. The van der Waals surface area contributed by atoms with Crippen LogP contribution in [0.25, 0.3) is 10.2 Å². The van der Waals surface area contributed by atoms with E-state index in [0.29, 0.717) is 6.61 Å². The molecule has 7 heteroatoms. The molecule has 1 aromatic heterocycles. The van der Waals surface area contributed by atoms with E-state index in [1.165, 1.54) is 0 Å². The molecule has 0 saturated carbocycles. The first kappa shape index (κ1) is 18.5. The van der Waals surface area contributed by atoms with Crippen molar-refractivity contribution in [3.63, 3.8) is 0 Å². The number of thiazole rings is 1. The van der Waals surface area contributed by atoms with Gasteiger partial charge in [-0.3, -0.25) is 4.79 Å². The quantitative estimate of drug-likeness (QED) is 0.851. The second-order valence-electron chi connectivity index (χ2n) is 7.21. The first-order valence-corrected chi connectivity index (χ1v) is 10.7. The molecule has 1 aromatic carbocycles. The van der Waals surface area contributed by atoms with Gasteiger partial charge in [0.25, 0.3) is 0 Å². The van der Waals surface area contributed by atoms with Crippen LogP contribution in [0.4, 0.5) is 5.13 Å². The number of para-hydroxylation sites is 1. The summed E-state index contributed by atoms with van der Waals surface area (Å²) in [6, 6.07) is 6.32. The number of aromatic nitrogens is 1. The van der Waals surface area contributed by atoms with Gasteiger partial charge in [-0.05, 0) is 44.7 Å². The Kier molecular flexibility index (Phi) is 5.78. The van der Waals surface area contributed by atoms with E-state index in [9.17, 15) is 4.79 Å². The van der Waals surface area contributed by atoms with Gasteiger partial charge in [-0.25, -0.2) is 4.98 Å². The molecule has 0 spiro atoms. The molecule has 27 heavy (non-hydrogen) atoms. The fourth-order valence-corrected chi connectivity index (χ4v) is 4.86. The highest BCUT2D eigenvalue weighted by atomic mass is 32.1. The Labute approximate surface area is 163 Å². The molecule has 1 unspecified atom stereocenters. The maximum absolute atomic E-state index is 12.7. The number of piperidine rings is 1. The van der Waals surface area contributed by atoms with Crippen molar-refractivity contribution in [3.8, 4) is 5.75 Å². The molecule has 0 bridgehead atoms. The first-order valence-electron chi connectivity index (χ1n) is 9.90. The van der Waals surface area contributed by atoms with Crippen LogP contribution in [0.3, 0.4) is 0 Å². The number of fused-ring (bicyclic) bond motifs is 1. The largest absolute Gasteiger partial charge is 0.492 e. The summed E-state index contributed by atoms with van der Waals surface area (Å²) in [6.45, 7) is 5.79. The summed E-state index contributed by atoms with van der Waals surface area (Å²) in [5.41, 5.74) is 0.924. The minimum atomic E-state index is 0.0277. The Morgan fingerprint density at radius 3 is 3.04 bits per heavy atom. The maximum Gasteiger partial charge on any atom is 0.225 e. The minimum Gasteiger partial charge on any atom is -0.492 e. The van der Waals surface area contributed by atoms with E-state index in [4.69, 9.17) is 14.5 Å². The molecular formula is C20H27N3O3S. The van der Waals surface area contributed by atoms with Crippen LogP contribution < -0.4 is 15.0 Å². The third-order valence-corrected chi connectivity index (χ3v) is 6.38. The van der Waals surface area contributed by atoms with E-state index in [2.05, 4.69) is 16.3 Å². The molecule has 0 aliphatic carbocycles. The number of amides is 1. The molecule has 146 valence electrons. The number of hydrogen-bond donors (Lipinski definition) is 1. The predicted octanol–water partition coefficient (Wildman–Crippen LogP) is 3.21. The second kappa shape index (κ2) is 8.44. The summed E-state index contributed by atoms with van der Waals surface area (Å²) in [4.78, 5) is 19.8. The third kappa shape index (κ3) is 4.19. The van der Waals surface area contributed by atoms with Gasteiger partial charge in [0.15, 0.2) is 5.13 Å². The van der Waals surface area contributed by atoms with Gasteiger partial charge in [0.1, 0.15) is 11.3 Å². The minimum absolute atomic E-state index is 0.0277. The van der Waals surface area contributed by atoms with Crippen molar-refractivity contribution >= 4 is 32.6 Å². The van der Waals surface area contributed by atoms with Gasteiger partial charge < -0.3 is 19.7 Å². The van der Waals surface area contributed by atoms with Gasteiger partial charge in [0.05, 0.1) is 17.2 Å². The molecule has 2 aliphatic heterocycles. The molecular weight excluding hydrogens is 362 g/mol. The fraction of sp³-hybridized carbons (Fsp3) is 0.600. The van der Waals surface area contributed by atoms with Crippen LogP contribution in [-0.2, 0) is 9.53 Å². The zero-order chi connectivity index (χ0) is 18.6. The van der Waals surface area contributed by atoms with Crippen molar-refractivity contribution in [1.29, 1.82) is 0 Å². The first-order chi connectivity index (χ1) is 13.2. The van der Waals surface area contributed by atoms with E-state index in [1.54, 1.807) is 11.3 Å². The summed E-state index contributed by atoms with van der Waals surface area (Å²) in [7, 11) is 0. The lowest BCUT2D eigenvalue weighted by atomic mass is 9.96. The van der Waals surface area contributed by atoms with Gasteiger partial charge in [0.2, 0.25) is 5.91 Å². The normalized spacial score (nSPS) is 21.4. The summed E-state index contributed by atoms with van der Waals surface area (Å²) in [6.07, 6.45) is 3.79. The lowest BCUT2D eigenvalue weighted by Crippen LogP contribution is -2.47. The number of carbonyl (C=O) groups is 1. The lowest BCUT2D eigenvalue weighted by Gasteiger charge is -2.33. The van der Waals surface area contributed by atoms with Gasteiger partial charge in [-0.2, -0.15) is 0 Å². The van der Waals surface area contributed by atoms with Gasteiger partial charge in [-0.15, -0.1) is 0 Å². The molecule has 3 heterocycles. The standard InChI is InChI=1S/C20H27N3O3S/c1-2-26-16-6-3-7-17-18(16)22-20(27-17)23-10-4-5-14(13-23)19(24)21-15-8-11-25-12-9-15/h3,6-7,14-15H,2,4-5,8-13H2,1H3,(H,21,24). The van der Waals surface area contributed by atoms with Crippen LogP contribution in [0.15, 0.2) is 18.2 Å². The van der Waals surface area contributed by atoms with E-state index >= 15 is 0 Å². The zero-order valence-corrected chi connectivity index (χ0v) is 16.6. The average molecular weight is 390 g/mol. The number of hydrogen-bond acceptors (Lipinski definition) is 6. The molecule has 1 amide bonds. The van der Waals surface area contributed by atoms with Crippen molar-refractivity contribution in [3.05, 3.63) is 18.2 Å². The molecule has 2 aliphatic rings. The molecule has 4 rings (SSSR count). The molecule has 0 radical (unpaired) electrons. The van der Waals surface area contributed by atoms with Gasteiger partial charge >= 0.3 is 0 Å².